The maximum Gasteiger partial charge on any atom is 0.152 e. The van der Waals surface area contributed by atoms with Crippen LogP contribution >= 0.6 is 11.6 Å². The molecule has 1 unspecified atom stereocenters. The normalized spacial score (nSPS) is 17.8. The van der Waals surface area contributed by atoms with E-state index in [9.17, 15) is 0 Å². The van der Waals surface area contributed by atoms with Crippen molar-refractivity contribution in [1.82, 2.24) is 5.32 Å². The van der Waals surface area contributed by atoms with Gasteiger partial charge < -0.3 is 14.8 Å². The second kappa shape index (κ2) is 9.50. The van der Waals surface area contributed by atoms with E-state index in [1.54, 1.807) is 0 Å². The second-order valence-corrected chi connectivity index (χ2v) is 6.13. The summed E-state index contributed by atoms with van der Waals surface area (Å²) < 4.78 is 12.2. The topological polar surface area (TPSA) is 30.5 Å². The first-order chi connectivity index (χ1) is 12.1. The molecule has 0 radical (unpaired) electrons. The maximum absolute atomic E-state index is 6.31. The summed E-state index contributed by atoms with van der Waals surface area (Å²) in [4.78, 5) is 0. The summed E-state index contributed by atoms with van der Waals surface area (Å²) in [5.41, 5.74) is 2.99. The van der Waals surface area contributed by atoms with E-state index in [0.717, 1.165) is 22.6 Å². The lowest BCUT2D eigenvalue weighted by Crippen LogP contribution is -2.42. The Morgan fingerprint density at radius 1 is 1.20 bits per heavy atom. The van der Waals surface area contributed by atoms with Gasteiger partial charge >= 0.3 is 0 Å². The van der Waals surface area contributed by atoms with Gasteiger partial charge in [-0.3, -0.25) is 0 Å². The van der Waals surface area contributed by atoms with Crippen LogP contribution in [0, 0.1) is 6.92 Å². The van der Waals surface area contributed by atoms with Crippen LogP contribution in [0.2, 0.25) is 5.02 Å². The molecule has 0 aliphatic carbocycles. The molecule has 1 heterocycles. The lowest BCUT2D eigenvalue weighted by molar-refractivity contribution is -0.0315. The Morgan fingerprint density at radius 2 is 1.92 bits per heavy atom. The molecule has 2 aromatic carbocycles. The Labute approximate surface area is 155 Å². The second-order valence-electron chi connectivity index (χ2n) is 5.69. The smallest absolute Gasteiger partial charge is 0.152 e. The fourth-order valence-corrected chi connectivity index (χ4v) is 2.87. The van der Waals surface area contributed by atoms with Crippen molar-refractivity contribution in [3.8, 4) is 5.75 Å². The molecule has 2 aromatic rings. The number of aryl methyl sites for hydroxylation is 1. The minimum atomic E-state index is -0.198. The van der Waals surface area contributed by atoms with Crippen molar-refractivity contribution in [1.29, 1.82) is 0 Å². The van der Waals surface area contributed by atoms with Gasteiger partial charge in [-0.05, 0) is 36.2 Å². The van der Waals surface area contributed by atoms with Gasteiger partial charge in [-0.25, -0.2) is 0 Å². The van der Waals surface area contributed by atoms with Gasteiger partial charge in [-0.15, -0.1) is 0 Å². The van der Waals surface area contributed by atoms with E-state index >= 15 is 0 Å². The molecule has 1 aliphatic rings. The van der Waals surface area contributed by atoms with Gasteiger partial charge in [0.25, 0.3) is 0 Å². The average Bonchev–Trinajstić information content (AvgIpc) is 2.64. The standard InChI is InChI=1S/C19H20ClNO2.C2H6/c1-13-10-16(20)8-9-17(13)23-19(15-6-4-3-5-7-15)18-11-21-14(2)12-22-18;1-2/h3-10,18-19,21H,2,11-12H2,1H3;1-2H3/t18-,19?;/m0./s1. The molecule has 4 heteroatoms. The van der Waals surface area contributed by atoms with Crippen LogP contribution in [0.5, 0.6) is 5.75 Å². The highest BCUT2D eigenvalue weighted by Crippen LogP contribution is 2.31. The summed E-state index contributed by atoms with van der Waals surface area (Å²) in [7, 11) is 0. The van der Waals surface area contributed by atoms with Crippen LogP contribution in [0.15, 0.2) is 60.8 Å². The molecule has 0 bridgehead atoms. The van der Waals surface area contributed by atoms with Crippen LogP contribution in [0.25, 0.3) is 0 Å². The number of benzene rings is 2. The number of nitrogens with one attached hydrogen (secondary N) is 1. The highest BCUT2D eigenvalue weighted by atomic mass is 35.5. The van der Waals surface area contributed by atoms with Crippen LogP contribution in [0.4, 0.5) is 0 Å². The van der Waals surface area contributed by atoms with Crippen molar-refractivity contribution in [3.05, 3.63) is 77.0 Å². The first-order valence-corrected chi connectivity index (χ1v) is 9.02. The molecule has 2 atom stereocenters. The van der Waals surface area contributed by atoms with Crippen molar-refractivity contribution in [2.24, 2.45) is 0 Å². The molecule has 1 N–H and O–H groups in total. The first kappa shape index (κ1) is 19.4. The van der Waals surface area contributed by atoms with Crippen LogP contribution in [0.1, 0.15) is 31.1 Å². The van der Waals surface area contributed by atoms with Gasteiger partial charge in [0.05, 0.1) is 6.61 Å². The van der Waals surface area contributed by atoms with Crippen molar-refractivity contribution >= 4 is 11.6 Å². The first-order valence-electron chi connectivity index (χ1n) is 8.64. The van der Waals surface area contributed by atoms with Crippen molar-refractivity contribution in [3.63, 3.8) is 0 Å². The van der Waals surface area contributed by atoms with E-state index in [0.29, 0.717) is 18.2 Å². The van der Waals surface area contributed by atoms with Gasteiger partial charge in [-0.2, -0.15) is 0 Å². The summed E-state index contributed by atoms with van der Waals surface area (Å²) in [6, 6.07) is 15.8. The van der Waals surface area contributed by atoms with E-state index in [2.05, 4.69) is 24.0 Å². The number of hydrogen-bond donors (Lipinski definition) is 1. The molecule has 1 aliphatic heterocycles. The quantitative estimate of drug-likeness (QED) is 0.803. The zero-order chi connectivity index (χ0) is 18.2. The Kier molecular flexibility index (Phi) is 7.35. The SMILES string of the molecule is C=C1CO[C@H](C(Oc2ccc(Cl)cc2C)c2ccccc2)CN1.CC. The number of halogens is 1. The largest absolute Gasteiger partial charge is 0.483 e. The van der Waals surface area contributed by atoms with Gasteiger partial charge in [0.2, 0.25) is 0 Å². The highest BCUT2D eigenvalue weighted by Gasteiger charge is 2.29. The summed E-state index contributed by atoms with van der Waals surface area (Å²) >= 11 is 6.04. The third-order valence-electron chi connectivity index (χ3n) is 3.88. The molecule has 134 valence electrons. The number of hydrogen-bond acceptors (Lipinski definition) is 3. The van der Waals surface area contributed by atoms with E-state index in [1.807, 2.05) is 57.2 Å². The molecule has 25 heavy (non-hydrogen) atoms. The number of morpholine rings is 1. The average molecular weight is 360 g/mol. The van der Waals surface area contributed by atoms with Gasteiger partial charge in [0.1, 0.15) is 11.9 Å². The molecule has 3 rings (SSSR count). The molecule has 0 amide bonds. The summed E-state index contributed by atoms with van der Waals surface area (Å²) in [6.45, 7) is 11.1. The number of ether oxygens (including phenoxy) is 2. The predicted molar refractivity (Wildman–Crippen MR) is 104 cm³/mol. The fourth-order valence-electron chi connectivity index (χ4n) is 2.64. The van der Waals surface area contributed by atoms with Gasteiger partial charge in [-0.1, -0.05) is 62.4 Å². The minimum Gasteiger partial charge on any atom is -0.483 e. The Balaban J connectivity index is 0.00000109. The minimum absolute atomic E-state index is 0.0852. The van der Waals surface area contributed by atoms with Gasteiger partial charge in [0, 0.05) is 17.3 Å². The molecular weight excluding hydrogens is 334 g/mol. The van der Waals surface area contributed by atoms with E-state index < -0.39 is 0 Å². The Bertz CT molecular complexity index is 678. The zero-order valence-electron chi connectivity index (χ0n) is 15.1. The van der Waals surface area contributed by atoms with Crippen LogP contribution in [0.3, 0.4) is 0 Å². The molecule has 0 spiro atoms. The molecule has 0 saturated carbocycles. The van der Waals surface area contributed by atoms with Crippen molar-refractivity contribution < 1.29 is 9.47 Å². The third kappa shape index (κ3) is 5.25. The number of rotatable bonds is 4. The lowest BCUT2D eigenvalue weighted by Gasteiger charge is -2.33. The van der Waals surface area contributed by atoms with Crippen LogP contribution < -0.4 is 10.1 Å². The van der Waals surface area contributed by atoms with E-state index in [4.69, 9.17) is 21.1 Å². The van der Waals surface area contributed by atoms with Crippen molar-refractivity contribution in [2.75, 3.05) is 13.2 Å². The summed E-state index contributed by atoms with van der Waals surface area (Å²) in [5.74, 6) is 0.816. The zero-order valence-corrected chi connectivity index (χ0v) is 15.8. The van der Waals surface area contributed by atoms with E-state index in [-0.39, 0.29) is 12.2 Å². The molecule has 3 nitrogen and oxygen atoms in total. The molecule has 1 saturated heterocycles. The maximum atomic E-state index is 6.31. The monoisotopic (exact) mass is 359 g/mol. The fraction of sp³-hybridized carbons (Fsp3) is 0.333. The Hall–Kier alpha value is -1.97. The van der Waals surface area contributed by atoms with Gasteiger partial charge in [0.15, 0.2) is 6.10 Å². The Morgan fingerprint density at radius 3 is 2.52 bits per heavy atom. The lowest BCUT2D eigenvalue weighted by atomic mass is 10.0. The molecular formula is C21H26ClNO2. The van der Waals surface area contributed by atoms with Crippen molar-refractivity contribution in [2.45, 2.75) is 33.0 Å². The highest BCUT2D eigenvalue weighted by molar-refractivity contribution is 6.30. The summed E-state index contributed by atoms with van der Waals surface area (Å²) in [5, 5.41) is 3.98. The van der Waals surface area contributed by atoms with Crippen LogP contribution in [-0.2, 0) is 4.74 Å². The van der Waals surface area contributed by atoms with E-state index in [1.165, 1.54) is 0 Å². The summed E-state index contributed by atoms with van der Waals surface area (Å²) in [6.07, 6.45) is -0.283. The molecule has 1 fully saturated rings. The van der Waals surface area contributed by atoms with Crippen LogP contribution in [-0.4, -0.2) is 19.3 Å². The molecule has 0 aromatic heterocycles. The predicted octanol–water partition coefficient (Wildman–Crippen LogP) is 5.30. The third-order valence-corrected chi connectivity index (χ3v) is 4.12.